The molecular weight excluding hydrogens is 148 g/mol. The minimum atomic E-state index is 0.809. The van der Waals surface area contributed by atoms with E-state index < -0.39 is 0 Å². The Morgan fingerprint density at radius 2 is 2.33 bits per heavy atom. The molecule has 0 radical (unpaired) electrons. The highest BCUT2D eigenvalue weighted by molar-refractivity contribution is 5.20. The average Bonchev–Trinajstić information content (AvgIpc) is 2.05. The summed E-state index contributed by atoms with van der Waals surface area (Å²) in [5, 5.41) is 0. The summed E-state index contributed by atoms with van der Waals surface area (Å²) in [6.45, 7) is 4.25. The van der Waals surface area contributed by atoms with E-state index in [1.165, 1.54) is 17.7 Å². The minimum Gasteiger partial charge on any atom is -0.241 e. The molecule has 0 aliphatic heterocycles. The smallest absolute Gasteiger partial charge is 0.125 e. The summed E-state index contributed by atoms with van der Waals surface area (Å²) in [7, 11) is 0. The predicted molar refractivity (Wildman–Crippen MR) is 48.0 cm³/mol. The summed E-state index contributed by atoms with van der Waals surface area (Å²) in [6.07, 6.45) is 5.58. The Morgan fingerprint density at radius 3 is 3.17 bits per heavy atom. The molecular formula is C10H14N2. The average molecular weight is 162 g/mol. The van der Waals surface area contributed by atoms with Gasteiger partial charge < -0.3 is 0 Å². The summed E-state index contributed by atoms with van der Waals surface area (Å²) in [5.74, 6) is 1.71. The van der Waals surface area contributed by atoms with Gasteiger partial charge in [0.1, 0.15) is 5.82 Å². The Labute approximate surface area is 73.1 Å². The molecule has 2 nitrogen and oxygen atoms in total. The van der Waals surface area contributed by atoms with Crippen LogP contribution in [0.2, 0.25) is 0 Å². The van der Waals surface area contributed by atoms with E-state index in [9.17, 15) is 0 Å². The van der Waals surface area contributed by atoms with Crippen LogP contribution in [0.4, 0.5) is 0 Å². The summed E-state index contributed by atoms with van der Waals surface area (Å²) < 4.78 is 0. The summed E-state index contributed by atoms with van der Waals surface area (Å²) >= 11 is 0. The fourth-order valence-corrected chi connectivity index (χ4v) is 1.79. The Hall–Kier alpha value is -0.920. The highest BCUT2D eigenvalue weighted by atomic mass is 14.9. The second kappa shape index (κ2) is 2.85. The van der Waals surface area contributed by atoms with Gasteiger partial charge in [-0.15, -0.1) is 0 Å². The monoisotopic (exact) mass is 162 g/mol. The first-order valence-corrected chi connectivity index (χ1v) is 4.57. The van der Waals surface area contributed by atoms with Gasteiger partial charge in [-0.25, -0.2) is 9.97 Å². The van der Waals surface area contributed by atoms with Gasteiger partial charge in [0.25, 0.3) is 0 Å². The maximum Gasteiger partial charge on any atom is 0.125 e. The van der Waals surface area contributed by atoms with Gasteiger partial charge in [0.05, 0.1) is 0 Å². The van der Waals surface area contributed by atoms with Crippen LogP contribution in [0.25, 0.3) is 0 Å². The van der Waals surface area contributed by atoms with Crippen LogP contribution in [0.15, 0.2) is 6.20 Å². The van der Waals surface area contributed by atoms with Crippen LogP contribution in [0.3, 0.4) is 0 Å². The predicted octanol–water partition coefficient (Wildman–Crippen LogP) is 1.91. The molecule has 0 amide bonds. The number of aryl methyl sites for hydroxylation is 2. The molecule has 1 aliphatic carbocycles. The highest BCUT2D eigenvalue weighted by Crippen LogP contribution is 2.22. The molecule has 0 saturated heterocycles. The lowest BCUT2D eigenvalue weighted by Gasteiger charge is -2.19. The van der Waals surface area contributed by atoms with Crippen molar-refractivity contribution in [1.82, 2.24) is 9.97 Å². The van der Waals surface area contributed by atoms with Crippen molar-refractivity contribution in [1.29, 1.82) is 0 Å². The fourth-order valence-electron chi connectivity index (χ4n) is 1.79. The van der Waals surface area contributed by atoms with E-state index in [1.54, 1.807) is 0 Å². The standard InChI is InChI=1S/C10H14N2/c1-7-3-4-10-9(5-7)6-11-8(2)12-10/h6-7H,3-5H2,1-2H3. The maximum absolute atomic E-state index is 4.44. The van der Waals surface area contributed by atoms with Crippen LogP contribution in [-0.4, -0.2) is 9.97 Å². The number of fused-ring (bicyclic) bond motifs is 1. The van der Waals surface area contributed by atoms with Gasteiger partial charge in [0.2, 0.25) is 0 Å². The van der Waals surface area contributed by atoms with Crippen LogP contribution >= 0.6 is 0 Å². The number of hydrogen-bond acceptors (Lipinski definition) is 2. The molecule has 0 spiro atoms. The fraction of sp³-hybridized carbons (Fsp3) is 0.600. The third kappa shape index (κ3) is 1.33. The molecule has 64 valence electrons. The van der Waals surface area contributed by atoms with Crippen molar-refractivity contribution in [2.24, 2.45) is 5.92 Å². The van der Waals surface area contributed by atoms with Crippen molar-refractivity contribution >= 4 is 0 Å². The van der Waals surface area contributed by atoms with E-state index in [1.807, 2.05) is 13.1 Å². The lowest BCUT2D eigenvalue weighted by Crippen LogP contribution is -2.13. The zero-order valence-corrected chi connectivity index (χ0v) is 7.67. The molecule has 2 heteroatoms. The quantitative estimate of drug-likeness (QED) is 0.582. The summed E-state index contributed by atoms with van der Waals surface area (Å²) in [4.78, 5) is 8.65. The molecule has 1 aromatic rings. The number of aromatic nitrogens is 2. The van der Waals surface area contributed by atoms with Crippen molar-refractivity contribution in [2.75, 3.05) is 0 Å². The summed E-state index contributed by atoms with van der Waals surface area (Å²) in [6, 6.07) is 0. The van der Waals surface area contributed by atoms with Crippen LogP contribution in [0.5, 0.6) is 0 Å². The zero-order chi connectivity index (χ0) is 8.55. The lowest BCUT2D eigenvalue weighted by atomic mass is 9.89. The van der Waals surface area contributed by atoms with Gasteiger partial charge in [-0.1, -0.05) is 6.92 Å². The minimum absolute atomic E-state index is 0.809. The molecule has 0 N–H and O–H groups in total. The van der Waals surface area contributed by atoms with E-state index in [2.05, 4.69) is 16.9 Å². The normalized spacial score (nSPS) is 22.0. The van der Waals surface area contributed by atoms with Gasteiger partial charge in [-0.3, -0.25) is 0 Å². The molecule has 0 saturated carbocycles. The number of hydrogen-bond donors (Lipinski definition) is 0. The first-order chi connectivity index (χ1) is 5.75. The Balaban J connectivity index is 2.37. The van der Waals surface area contributed by atoms with Crippen molar-refractivity contribution in [3.05, 3.63) is 23.3 Å². The topological polar surface area (TPSA) is 25.8 Å². The third-order valence-electron chi connectivity index (χ3n) is 2.52. The molecule has 12 heavy (non-hydrogen) atoms. The molecule has 2 rings (SSSR count). The van der Waals surface area contributed by atoms with E-state index in [4.69, 9.17) is 0 Å². The third-order valence-corrected chi connectivity index (χ3v) is 2.52. The second-order valence-corrected chi connectivity index (χ2v) is 3.74. The molecule has 1 aliphatic rings. The first kappa shape index (κ1) is 7.71. The van der Waals surface area contributed by atoms with Gasteiger partial charge in [-0.05, 0) is 37.7 Å². The Morgan fingerprint density at radius 1 is 1.50 bits per heavy atom. The van der Waals surface area contributed by atoms with Crippen LogP contribution in [-0.2, 0) is 12.8 Å². The van der Waals surface area contributed by atoms with Gasteiger partial charge >= 0.3 is 0 Å². The molecule has 1 heterocycles. The van der Waals surface area contributed by atoms with E-state index in [-0.39, 0.29) is 0 Å². The largest absolute Gasteiger partial charge is 0.241 e. The van der Waals surface area contributed by atoms with E-state index in [0.717, 1.165) is 24.6 Å². The van der Waals surface area contributed by atoms with Crippen LogP contribution in [0, 0.1) is 12.8 Å². The molecule has 0 aromatic carbocycles. The van der Waals surface area contributed by atoms with Crippen LogP contribution < -0.4 is 0 Å². The SMILES string of the molecule is Cc1ncc2c(n1)CCC(C)C2. The molecule has 0 bridgehead atoms. The Bertz CT molecular complexity index is 294. The van der Waals surface area contributed by atoms with Gasteiger partial charge in [0.15, 0.2) is 0 Å². The van der Waals surface area contributed by atoms with Crippen molar-refractivity contribution in [3.8, 4) is 0 Å². The van der Waals surface area contributed by atoms with E-state index >= 15 is 0 Å². The summed E-state index contributed by atoms with van der Waals surface area (Å²) in [5.41, 5.74) is 2.64. The lowest BCUT2D eigenvalue weighted by molar-refractivity contribution is 0.491. The molecule has 1 atom stereocenters. The second-order valence-electron chi connectivity index (χ2n) is 3.74. The van der Waals surface area contributed by atoms with E-state index in [0.29, 0.717) is 0 Å². The van der Waals surface area contributed by atoms with Crippen molar-refractivity contribution < 1.29 is 0 Å². The molecule has 1 unspecified atom stereocenters. The van der Waals surface area contributed by atoms with Crippen molar-refractivity contribution in [3.63, 3.8) is 0 Å². The van der Waals surface area contributed by atoms with Gasteiger partial charge in [-0.2, -0.15) is 0 Å². The number of nitrogens with zero attached hydrogens (tertiary/aromatic N) is 2. The molecule has 0 fully saturated rings. The maximum atomic E-state index is 4.44. The van der Waals surface area contributed by atoms with Gasteiger partial charge in [0, 0.05) is 11.9 Å². The van der Waals surface area contributed by atoms with Crippen LogP contribution in [0.1, 0.15) is 30.4 Å². The molecule has 1 aromatic heterocycles. The first-order valence-electron chi connectivity index (χ1n) is 4.57. The number of rotatable bonds is 0. The van der Waals surface area contributed by atoms with Crippen molar-refractivity contribution in [2.45, 2.75) is 33.1 Å². The highest BCUT2D eigenvalue weighted by Gasteiger charge is 2.16. The zero-order valence-electron chi connectivity index (χ0n) is 7.67. The Kier molecular flexibility index (Phi) is 1.83.